The van der Waals surface area contributed by atoms with Crippen LogP contribution in [-0.4, -0.2) is 33.4 Å². The van der Waals surface area contributed by atoms with Crippen molar-refractivity contribution in [1.29, 1.82) is 0 Å². The zero-order valence-corrected chi connectivity index (χ0v) is 12.2. The second-order valence-corrected chi connectivity index (χ2v) is 5.20. The maximum Gasteiger partial charge on any atom is 0.248 e. The number of hydrogen-bond acceptors (Lipinski definition) is 4. The summed E-state index contributed by atoms with van der Waals surface area (Å²) in [6, 6.07) is 3.71. The largest absolute Gasteiger partial charge is 0.376 e. The average Bonchev–Trinajstić information content (AvgIpc) is 3.19. The first-order valence-corrected chi connectivity index (χ1v) is 7.33. The van der Waals surface area contributed by atoms with Crippen molar-refractivity contribution in [2.24, 2.45) is 0 Å². The summed E-state index contributed by atoms with van der Waals surface area (Å²) in [6.45, 7) is 1.55. The lowest BCUT2D eigenvalue weighted by Gasteiger charge is -2.08. The number of anilines is 1. The van der Waals surface area contributed by atoms with Crippen LogP contribution in [0.2, 0.25) is 0 Å². The van der Waals surface area contributed by atoms with E-state index in [2.05, 4.69) is 15.4 Å². The average molecular weight is 298 g/mol. The van der Waals surface area contributed by atoms with Crippen LogP contribution in [0.4, 0.5) is 5.69 Å². The summed E-state index contributed by atoms with van der Waals surface area (Å²) in [6.07, 6.45) is 12.5. The molecule has 0 spiro atoms. The van der Waals surface area contributed by atoms with Gasteiger partial charge in [0, 0.05) is 31.3 Å². The van der Waals surface area contributed by atoms with Gasteiger partial charge in [0.25, 0.3) is 0 Å². The van der Waals surface area contributed by atoms with Gasteiger partial charge in [0.1, 0.15) is 0 Å². The second-order valence-electron chi connectivity index (χ2n) is 5.20. The molecule has 3 heterocycles. The minimum Gasteiger partial charge on any atom is -0.376 e. The van der Waals surface area contributed by atoms with E-state index in [0.717, 1.165) is 31.6 Å². The molecule has 6 heteroatoms. The Morgan fingerprint density at radius 2 is 2.45 bits per heavy atom. The van der Waals surface area contributed by atoms with E-state index in [1.54, 1.807) is 29.3 Å². The van der Waals surface area contributed by atoms with E-state index in [-0.39, 0.29) is 12.0 Å². The van der Waals surface area contributed by atoms with Crippen LogP contribution in [-0.2, 0) is 16.1 Å². The van der Waals surface area contributed by atoms with Crippen LogP contribution in [0, 0.1) is 0 Å². The van der Waals surface area contributed by atoms with Crippen LogP contribution in [0.5, 0.6) is 0 Å². The molecule has 1 amide bonds. The zero-order valence-electron chi connectivity index (χ0n) is 12.2. The number of carbonyl (C=O) groups is 1. The maximum atomic E-state index is 11.9. The van der Waals surface area contributed by atoms with Crippen molar-refractivity contribution in [2.45, 2.75) is 25.5 Å². The molecule has 1 atom stereocenters. The number of rotatable bonds is 5. The third-order valence-corrected chi connectivity index (χ3v) is 3.43. The number of amides is 1. The fourth-order valence-electron chi connectivity index (χ4n) is 2.36. The topological polar surface area (TPSA) is 69.0 Å². The van der Waals surface area contributed by atoms with Gasteiger partial charge in [0.05, 0.1) is 24.5 Å². The predicted molar refractivity (Wildman–Crippen MR) is 83.1 cm³/mol. The number of nitrogens with one attached hydrogen (secondary N) is 1. The van der Waals surface area contributed by atoms with E-state index >= 15 is 0 Å². The molecule has 0 radical (unpaired) electrons. The number of nitrogens with zero attached hydrogens (tertiary/aromatic N) is 3. The third-order valence-electron chi connectivity index (χ3n) is 3.43. The van der Waals surface area contributed by atoms with Gasteiger partial charge in [-0.05, 0) is 30.5 Å². The summed E-state index contributed by atoms with van der Waals surface area (Å²) >= 11 is 0. The van der Waals surface area contributed by atoms with Crippen molar-refractivity contribution in [1.82, 2.24) is 14.8 Å². The summed E-state index contributed by atoms with van der Waals surface area (Å²) in [5.41, 5.74) is 1.56. The number of aromatic nitrogens is 3. The van der Waals surface area contributed by atoms with Gasteiger partial charge in [-0.2, -0.15) is 5.10 Å². The minimum atomic E-state index is -0.194. The molecule has 1 N–H and O–H groups in total. The summed E-state index contributed by atoms with van der Waals surface area (Å²) in [5.74, 6) is -0.194. The van der Waals surface area contributed by atoms with Gasteiger partial charge in [-0.3, -0.25) is 14.5 Å². The predicted octanol–water partition coefficient (Wildman–Crippen LogP) is 2.11. The van der Waals surface area contributed by atoms with E-state index in [0.29, 0.717) is 5.69 Å². The molecule has 0 saturated carbocycles. The van der Waals surface area contributed by atoms with E-state index in [1.807, 2.05) is 18.3 Å². The highest BCUT2D eigenvalue weighted by Gasteiger charge is 2.16. The van der Waals surface area contributed by atoms with Crippen LogP contribution in [0.3, 0.4) is 0 Å². The van der Waals surface area contributed by atoms with Gasteiger partial charge in [0.2, 0.25) is 5.91 Å². The first-order chi connectivity index (χ1) is 10.8. The van der Waals surface area contributed by atoms with Crippen LogP contribution in [0.15, 0.2) is 43.0 Å². The van der Waals surface area contributed by atoms with Crippen LogP contribution in [0.1, 0.15) is 18.4 Å². The first kappa shape index (κ1) is 14.5. The SMILES string of the molecule is O=C(/C=C/c1cccnc1)Nc1cnn(C[C@@H]2CCCO2)c1. The summed E-state index contributed by atoms with van der Waals surface area (Å²) < 4.78 is 7.37. The molecule has 1 fully saturated rings. The van der Waals surface area contributed by atoms with Crippen LogP contribution < -0.4 is 5.32 Å². The third kappa shape index (κ3) is 4.02. The number of hydrogen-bond donors (Lipinski definition) is 1. The molecule has 1 aliphatic rings. The maximum absolute atomic E-state index is 11.9. The van der Waals surface area contributed by atoms with Crippen molar-refractivity contribution < 1.29 is 9.53 Å². The molecular formula is C16H18N4O2. The minimum absolute atomic E-state index is 0.194. The van der Waals surface area contributed by atoms with Crippen LogP contribution >= 0.6 is 0 Å². The highest BCUT2D eigenvalue weighted by Crippen LogP contribution is 2.15. The second kappa shape index (κ2) is 7.00. The summed E-state index contributed by atoms with van der Waals surface area (Å²) in [4.78, 5) is 15.9. The van der Waals surface area contributed by atoms with Gasteiger partial charge in [0.15, 0.2) is 0 Å². The lowest BCUT2D eigenvalue weighted by Crippen LogP contribution is -2.15. The summed E-state index contributed by atoms with van der Waals surface area (Å²) in [7, 11) is 0. The fourth-order valence-corrected chi connectivity index (χ4v) is 2.36. The van der Waals surface area contributed by atoms with Gasteiger partial charge < -0.3 is 10.1 Å². The molecule has 0 bridgehead atoms. The Hall–Kier alpha value is -2.47. The van der Waals surface area contributed by atoms with E-state index in [9.17, 15) is 4.79 Å². The van der Waals surface area contributed by atoms with E-state index < -0.39 is 0 Å². The van der Waals surface area contributed by atoms with Crippen molar-refractivity contribution in [3.63, 3.8) is 0 Å². The Morgan fingerprint density at radius 3 is 3.23 bits per heavy atom. The van der Waals surface area contributed by atoms with Crippen molar-refractivity contribution in [3.8, 4) is 0 Å². The Kier molecular flexibility index (Phi) is 4.60. The molecule has 1 aliphatic heterocycles. The molecule has 0 aliphatic carbocycles. The Balaban J connectivity index is 1.53. The Labute approximate surface area is 128 Å². The van der Waals surface area contributed by atoms with Crippen molar-refractivity contribution in [3.05, 3.63) is 48.6 Å². The normalized spacial score (nSPS) is 17.9. The molecular weight excluding hydrogens is 280 g/mol. The molecule has 2 aromatic heterocycles. The van der Waals surface area contributed by atoms with Gasteiger partial charge in [-0.25, -0.2) is 0 Å². The molecule has 114 valence electrons. The van der Waals surface area contributed by atoms with Gasteiger partial charge in [-0.15, -0.1) is 0 Å². The lowest BCUT2D eigenvalue weighted by atomic mass is 10.2. The monoisotopic (exact) mass is 298 g/mol. The summed E-state index contributed by atoms with van der Waals surface area (Å²) in [5, 5.41) is 7.03. The van der Waals surface area contributed by atoms with Crippen molar-refractivity contribution >= 4 is 17.7 Å². The number of pyridine rings is 1. The number of ether oxygens (including phenoxy) is 1. The number of carbonyl (C=O) groups excluding carboxylic acids is 1. The van der Waals surface area contributed by atoms with E-state index in [1.165, 1.54) is 6.08 Å². The van der Waals surface area contributed by atoms with Crippen LogP contribution in [0.25, 0.3) is 6.08 Å². The first-order valence-electron chi connectivity index (χ1n) is 7.33. The molecule has 3 rings (SSSR count). The standard InChI is InChI=1S/C16H18N4O2/c21-16(6-5-13-3-1-7-17-9-13)19-14-10-18-20(11-14)12-15-4-2-8-22-15/h1,3,5-7,9-11,15H,2,4,8,12H2,(H,19,21)/b6-5+/t15-/m0/s1. The highest BCUT2D eigenvalue weighted by molar-refractivity contribution is 6.01. The molecule has 0 aromatic carbocycles. The fraction of sp³-hybridized carbons (Fsp3) is 0.312. The van der Waals surface area contributed by atoms with E-state index in [4.69, 9.17) is 4.74 Å². The van der Waals surface area contributed by atoms with Gasteiger partial charge >= 0.3 is 0 Å². The quantitative estimate of drug-likeness (QED) is 0.858. The molecule has 0 unspecified atom stereocenters. The molecule has 22 heavy (non-hydrogen) atoms. The zero-order chi connectivity index (χ0) is 15.2. The Bertz CT molecular complexity index is 645. The molecule has 1 saturated heterocycles. The van der Waals surface area contributed by atoms with Gasteiger partial charge in [-0.1, -0.05) is 6.07 Å². The lowest BCUT2D eigenvalue weighted by molar-refractivity contribution is -0.111. The van der Waals surface area contributed by atoms with Crippen molar-refractivity contribution in [2.75, 3.05) is 11.9 Å². The molecule has 2 aromatic rings. The Morgan fingerprint density at radius 1 is 1.50 bits per heavy atom. The smallest absolute Gasteiger partial charge is 0.248 e. The molecule has 6 nitrogen and oxygen atoms in total. The highest BCUT2D eigenvalue weighted by atomic mass is 16.5.